The van der Waals surface area contributed by atoms with E-state index < -0.39 is 0 Å². The van der Waals surface area contributed by atoms with E-state index in [1.807, 2.05) is 30.3 Å². The van der Waals surface area contributed by atoms with Gasteiger partial charge in [-0.15, -0.1) is 6.58 Å². The summed E-state index contributed by atoms with van der Waals surface area (Å²) in [6, 6.07) is 20.3. The van der Waals surface area contributed by atoms with Gasteiger partial charge in [0.1, 0.15) is 0 Å². The lowest BCUT2D eigenvalue weighted by Crippen LogP contribution is -2.35. The number of amides is 2. The summed E-state index contributed by atoms with van der Waals surface area (Å²) in [4.78, 5) is 14.6. The Morgan fingerprint density at radius 1 is 1.10 bits per heavy atom. The molecule has 0 spiro atoms. The maximum atomic E-state index is 12.9. The van der Waals surface area contributed by atoms with Gasteiger partial charge in [0, 0.05) is 30.7 Å². The first-order valence-corrected chi connectivity index (χ1v) is 10.0. The molecule has 3 rings (SSSR count). The van der Waals surface area contributed by atoms with Crippen LogP contribution in [0.1, 0.15) is 29.3 Å². The number of carbonyl (C=O) groups excluding carboxylic acids is 1. The monoisotopic (exact) mass is 387 g/mol. The Morgan fingerprint density at radius 2 is 1.86 bits per heavy atom. The van der Waals surface area contributed by atoms with Crippen molar-refractivity contribution in [1.82, 2.24) is 9.47 Å². The van der Waals surface area contributed by atoms with Crippen LogP contribution < -0.4 is 5.32 Å². The van der Waals surface area contributed by atoms with E-state index in [0.717, 1.165) is 24.3 Å². The molecule has 0 aliphatic rings. The average molecular weight is 388 g/mol. The zero-order valence-corrected chi connectivity index (χ0v) is 17.3. The molecule has 0 saturated carbocycles. The highest BCUT2D eigenvalue weighted by Crippen LogP contribution is 2.15. The molecule has 0 bridgehead atoms. The molecule has 4 nitrogen and oxygen atoms in total. The van der Waals surface area contributed by atoms with Gasteiger partial charge in [0.15, 0.2) is 0 Å². The summed E-state index contributed by atoms with van der Waals surface area (Å²) in [5.74, 6) is 0. The highest BCUT2D eigenvalue weighted by atomic mass is 16.2. The molecular weight excluding hydrogens is 358 g/mol. The van der Waals surface area contributed by atoms with Crippen molar-refractivity contribution >= 4 is 11.7 Å². The Morgan fingerprint density at radius 3 is 2.55 bits per heavy atom. The molecule has 3 aromatic rings. The molecule has 2 amide bonds. The first-order valence-electron chi connectivity index (χ1n) is 10.0. The Labute approximate surface area is 173 Å². The van der Waals surface area contributed by atoms with E-state index in [-0.39, 0.29) is 6.03 Å². The number of nitrogens with one attached hydrogen (secondary N) is 1. The number of urea groups is 1. The number of hydrogen-bond acceptors (Lipinski definition) is 1. The SMILES string of the molecule is C=CCN(Cc1cccn1Cc1ccccc1C)C(=O)Nc1ccc(CC)cc1. The van der Waals surface area contributed by atoms with Gasteiger partial charge in [-0.25, -0.2) is 4.79 Å². The smallest absolute Gasteiger partial charge is 0.322 e. The Kier molecular flexibility index (Phi) is 6.90. The van der Waals surface area contributed by atoms with E-state index in [4.69, 9.17) is 0 Å². The lowest BCUT2D eigenvalue weighted by Gasteiger charge is -2.23. The van der Waals surface area contributed by atoms with Gasteiger partial charge in [0.2, 0.25) is 0 Å². The number of anilines is 1. The van der Waals surface area contributed by atoms with Gasteiger partial charge in [0.25, 0.3) is 0 Å². The van der Waals surface area contributed by atoms with Crippen LogP contribution >= 0.6 is 0 Å². The summed E-state index contributed by atoms with van der Waals surface area (Å²) in [6.45, 7) is 9.84. The number of hydrogen-bond donors (Lipinski definition) is 1. The van der Waals surface area contributed by atoms with Crippen LogP contribution in [0.15, 0.2) is 79.5 Å². The number of aromatic nitrogens is 1. The highest BCUT2D eigenvalue weighted by Gasteiger charge is 2.15. The lowest BCUT2D eigenvalue weighted by molar-refractivity contribution is 0.214. The highest BCUT2D eigenvalue weighted by molar-refractivity contribution is 5.89. The predicted octanol–water partition coefficient (Wildman–Crippen LogP) is 5.63. The van der Waals surface area contributed by atoms with Crippen LogP contribution in [0, 0.1) is 6.92 Å². The molecule has 0 unspecified atom stereocenters. The summed E-state index contributed by atoms with van der Waals surface area (Å²) >= 11 is 0. The van der Waals surface area contributed by atoms with E-state index >= 15 is 0 Å². The van der Waals surface area contributed by atoms with E-state index in [0.29, 0.717) is 13.1 Å². The Hall–Kier alpha value is -3.27. The van der Waals surface area contributed by atoms with Gasteiger partial charge in [-0.1, -0.05) is 49.4 Å². The van der Waals surface area contributed by atoms with Crippen LogP contribution in [0.4, 0.5) is 10.5 Å². The third kappa shape index (κ3) is 5.38. The third-order valence-corrected chi connectivity index (χ3v) is 5.13. The minimum Gasteiger partial charge on any atom is -0.345 e. The molecule has 0 aliphatic carbocycles. The molecule has 1 heterocycles. The minimum absolute atomic E-state index is 0.127. The zero-order chi connectivity index (χ0) is 20.6. The van der Waals surface area contributed by atoms with Gasteiger partial charge in [-0.05, 0) is 54.3 Å². The second-order valence-corrected chi connectivity index (χ2v) is 7.20. The first-order chi connectivity index (χ1) is 14.1. The maximum absolute atomic E-state index is 12.9. The van der Waals surface area contributed by atoms with Crippen LogP contribution in [0.5, 0.6) is 0 Å². The molecule has 0 aliphatic heterocycles. The van der Waals surface area contributed by atoms with Crippen LogP contribution in [-0.4, -0.2) is 22.0 Å². The average Bonchev–Trinajstić information content (AvgIpc) is 3.16. The molecule has 29 heavy (non-hydrogen) atoms. The van der Waals surface area contributed by atoms with E-state index in [1.54, 1.807) is 11.0 Å². The van der Waals surface area contributed by atoms with Crippen molar-refractivity contribution in [3.63, 3.8) is 0 Å². The molecule has 0 fully saturated rings. The summed E-state index contributed by atoms with van der Waals surface area (Å²) in [5.41, 5.74) is 5.69. The quantitative estimate of drug-likeness (QED) is 0.500. The van der Waals surface area contributed by atoms with Gasteiger partial charge in [-0.2, -0.15) is 0 Å². The van der Waals surface area contributed by atoms with Gasteiger partial charge in [0.05, 0.1) is 6.54 Å². The van der Waals surface area contributed by atoms with Gasteiger partial charge in [-0.3, -0.25) is 0 Å². The number of carbonyl (C=O) groups is 1. The minimum atomic E-state index is -0.127. The maximum Gasteiger partial charge on any atom is 0.322 e. The molecule has 1 aromatic heterocycles. The third-order valence-electron chi connectivity index (χ3n) is 5.13. The molecule has 2 aromatic carbocycles. The number of nitrogens with zero attached hydrogens (tertiary/aromatic N) is 2. The molecular formula is C25H29N3O. The number of aryl methyl sites for hydroxylation is 2. The van der Waals surface area contributed by atoms with Crippen molar-refractivity contribution in [3.8, 4) is 0 Å². The first kappa shape index (κ1) is 20.5. The summed E-state index contributed by atoms with van der Waals surface area (Å²) in [5, 5.41) is 3.00. The molecule has 0 radical (unpaired) electrons. The van der Waals surface area contributed by atoms with Gasteiger partial charge < -0.3 is 14.8 Å². The van der Waals surface area contributed by atoms with Crippen molar-refractivity contribution in [2.45, 2.75) is 33.4 Å². The fraction of sp³-hybridized carbons (Fsp3) is 0.240. The van der Waals surface area contributed by atoms with Crippen molar-refractivity contribution < 1.29 is 4.79 Å². The molecule has 4 heteroatoms. The van der Waals surface area contributed by atoms with E-state index in [9.17, 15) is 4.79 Å². The largest absolute Gasteiger partial charge is 0.345 e. The molecule has 1 N–H and O–H groups in total. The van der Waals surface area contributed by atoms with Crippen molar-refractivity contribution in [1.29, 1.82) is 0 Å². The normalized spacial score (nSPS) is 10.6. The number of benzene rings is 2. The Bertz CT molecular complexity index is 956. The van der Waals surface area contributed by atoms with Crippen LogP contribution in [0.3, 0.4) is 0 Å². The predicted molar refractivity (Wildman–Crippen MR) is 120 cm³/mol. The fourth-order valence-electron chi connectivity index (χ4n) is 3.32. The van der Waals surface area contributed by atoms with E-state index in [2.05, 4.69) is 66.8 Å². The standard InChI is InChI=1S/C25H29N3O/c1-4-16-28(25(29)26-23-14-12-21(5-2)13-15-23)19-24-11-8-17-27(24)18-22-10-7-6-9-20(22)3/h4,6-15,17H,1,5,16,18-19H2,2-3H3,(H,26,29). The molecule has 0 saturated heterocycles. The molecule has 150 valence electrons. The second-order valence-electron chi connectivity index (χ2n) is 7.20. The van der Waals surface area contributed by atoms with E-state index in [1.165, 1.54) is 16.7 Å². The van der Waals surface area contributed by atoms with Crippen LogP contribution in [0.25, 0.3) is 0 Å². The van der Waals surface area contributed by atoms with Crippen molar-refractivity contribution in [2.75, 3.05) is 11.9 Å². The topological polar surface area (TPSA) is 37.3 Å². The summed E-state index contributed by atoms with van der Waals surface area (Å²) in [7, 11) is 0. The molecule has 0 atom stereocenters. The lowest BCUT2D eigenvalue weighted by atomic mass is 10.1. The summed E-state index contributed by atoms with van der Waals surface area (Å²) in [6.07, 6.45) is 4.80. The zero-order valence-electron chi connectivity index (χ0n) is 17.3. The summed E-state index contributed by atoms with van der Waals surface area (Å²) < 4.78 is 2.20. The van der Waals surface area contributed by atoms with Crippen LogP contribution in [0.2, 0.25) is 0 Å². The number of rotatable bonds is 8. The Balaban J connectivity index is 1.72. The van der Waals surface area contributed by atoms with Crippen LogP contribution in [-0.2, 0) is 19.5 Å². The van der Waals surface area contributed by atoms with Gasteiger partial charge >= 0.3 is 6.03 Å². The fourth-order valence-corrected chi connectivity index (χ4v) is 3.32. The van der Waals surface area contributed by atoms with Crippen molar-refractivity contribution in [2.24, 2.45) is 0 Å². The second kappa shape index (κ2) is 9.78. The van der Waals surface area contributed by atoms with Crippen molar-refractivity contribution in [3.05, 3.63) is 102 Å².